The standard InChI is InChI=1S/C44H65N3O11.C34H46N4O11/c1-8-54-34-36(48)24-23-29-45-40(51)35-56-33-32-55-31-30-46-38(49)28-27-37(42(53)58-44(5,6)7)47-39(50)25-21-19-17-15-13-11-9-10-12-14-16-18-20-22-26-41(52)57-43(2,3)4;35-49-26-28(39)16-15-21-36-32(42)27-48-25-24-47-23-22-37-30(40)20-19-29(34(45)46)38-31(41)17-13-11-9-7-5-3-1-2-4-6-8-10-12-14-18-33(43)44/h9-22,25-26,37H,8,23-24,27-35H2,1-7H3,(H,45,51)(H,46,49)(H,47,50);1-14,17-18,29H,15-16,19-27,35H2,(H,36,42)(H,37,40)(H,38,41)(H,43,44)(H,45,46)/b11-9+,12-10+,15-13+,16-14+,19-17+,20-18+,25-21-,26-22-;3-1+,4-2+,7-5+,8-6+,11-9+,12-10+,17-13-,18-14-/t37-;29-/m00/s1. The van der Waals surface area contributed by atoms with E-state index in [-0.39, 0.29) is 141 Å². The van der Waals surface area contributed by atoms with Gasteiger partial charge in [0.15, 0.2) is 11.6 Å². The Morgan fingerprint density at radius 1 is 0.364 bits per heavy atom. The summed E-state index contributed by atoms with van der Waals surface area (Å²) in [5.74, 6) is -1.16. The lowest BCUT2D eigenvalue weighted by Crippen LogP contribution is -2.44. The summed E-state index contributed by atoms with van der Waals surface area (Å²) < 4.78 is 36.9. The van der Waals surface area contributed by atoms with Gasteiger partial charge in [-0.1, -0.05) is 170 Å². The number of ketones is 2. The number of aliphatic carboxylic acids is 2. The van der Waals surface area contributed by atoms with E-state index in [0.717, 1.165) is 6.08 Å². The van der Waals surface area contributed by atoms with Crippen LogP contribution in [0, 0.1) is 0 Å². The van der Waals surface area contributed by atoms with E-state index in [2.05, 4.69) is 36.7 Å². The molecular weight excluding hydrogens is 1390 g/mol. The molecule has 0 aromatic carbocycles. The highest BCUT2D eigenvalue weighted by Gasteiger charge is 2.27. The molecule has 0 aromatic rings. The minimum atomic E-state index is -1.27. The number of hydrogen-bond donors (Lipinski definition) is 9. The lowest BCUT2D eigenvalue weighted by atomic mass is 10.1. The van der Waals surface area contributed by atoms with E-state index in [1.54, 1.807) is 130 Å². The molecule has 6 amide bonds. The van der Waals surface area contributed by atoms with E-state index in [4.69, 9.17) is 44.2 Å². The zero-order chi connectivity index (χ0) is 79.9. The molecule has 2 atom stereocenters. The quantitative estimate of drug-likeness (QED) is 0.0104. The largest absolute Gasteiger partial charge is 0.480 e. The smallest absolute Gasteiger partial charge is 0.331 e. The van der Waals surface area contributed by atoms with E-state index in [1.165, 1.54) is 36.5 Å². The molecule has 0 bridgehead atoms. The van der Waals surface area contributed by atoms with Gasteiger partial charge in [-0.3, -0.25) is 43.2 Å². The molecule has 0 heterocycles. The summed E-state index contributed by atoms with van der Waals surface area (Å²) in [6, 6.07) is -2.28. The van der Waals surface area contributed by atoms with Crippen LogP contribution in [0.1, 0.15) is 99.8 Å². The van der Waals surface area contributed by atoms with Gasteiger partial charge in [0.1, 0.15) is 49.7 Å². The molecule has 29 nitrogen and oxygen atoms in total. The third-order valence-corrected chi connectivity index (χ3v) is 12.2. The first kappa shape index (κ1) is 98.7. The van der Waals surface area contributed by atoms with Crippen molar-refractivity contribution in [3.63, 3.8) is 0 Å². The van der Waals surface area contributed by atoms with Crippen molar-refractivity contribution in [3.8, 4) is 0 Å². The molecule has 0 radical (unpaired) electrons. The zero-order valence-corrected chi connectivity index (χ0v) is 62.5. The topological polar surface area (TPSA) is 417 Å². The van der Waals surface area contributed by atoms with E-state index in [9.17, 15) is 62.6 Å². The Bertz CT molecular complexity index is 3170. The number of nitrogens with two attached hydrogens (primary N) is 1. The average molecular weight is 1500 g/mol. The van der Waals surface area contributed by atoms with Gasteiger partial charge in [-0.2, -0.15) is 0 Å². The molecule has 29 heteroatoms. The fourth-order valence-electron chi connectivity index (χ4n) is 7.36. The Labute approximate surface area is 628 Å². The third kappa shape index (κ3) is 73.7. The first-order chi connectivity index (χ1) is 51.2. The molecule has 0 spiro atoms. The molecule has 10 N–H and O–H groups in total. The van der Waals surface area contributed by atoms with E-state index >= 15 is 0 Å². The Morgan fingerprint density at radius 3 is 1.07 bits per heavy atom. The minimum absolute atomic E-state index is 0.00643. The van der Waals surface area contributed by atoms with Crippen LogP contribution in [0.3, 0.4) is 0 Å². The number of ether oxygens (including phenoxy) is 7. The van der Waals surface area contributed by atoms with E-state index < -0.39 is 64.9 Å². The van der Waals surface area contributed by atoms with Crippen LogP contribution in [0.25, 0.3) is 0 Å². The summed E-state index contributed by atoms with van der Waals surface area (Å²) in [6.07, 6.45) is 54.6. The van der Waals surface area contributed by atoms with Gasteiger partial charge >= 0.3 is 23.9 Å². The van der Waals surface area contributed by atoms with Crippen LogP contribution in [0.5, 0.6) is 0 Å². The normalized spacial score (nSPS) is 13.0. The molecule has 0 aliphatic rings. The van der Waals surface area contributed by atoms with Crippen molar-refractivity contribution < 1.29 is 106 Å². The predicted octanol–water partition coefficient (Wildman–Crippen LogP) is 6.41. The van der Waals surface area contributed by atoms with Gasteiger partial charge in [-0.05, 0) is 74.1 Å². The Balaban J connectivity index is 0. The highest BCUT2D eigenvalue weighted by Crippen LogP contribution is 2.12. The summed E-state index contributed by atoms with van der Waals surface area (Å²) in [5, 5.41) is 33.4. The van der Waals surface area contributed by atoms with Crippen LogP contribution in [0.4, 0.5) is 0 Å². The highest BCUT2D eigenvalue weighted by atomic mass is 16.6. The van der Waals surface area contributed by atoms with Crippen molar-refractivity contribution in [2.45, 2.75) is 123 Å². The Kier molecular flexibility index (Phi) is 62.2. The molecule has 0 saturated carbocycles. The molecule has 0 aliphatic carbocycles. The Morgan fingerprint density at radius 2 is 0.701 bits per heavy atom. The van der Waals surface area contributed by atoms with Crippen LogP contribution in [-0.2, 0) is 95.5 Å². The maximum atomic E-state index is 12.8. The highest BCUT2D eigenvalue weighted by molar-refractivity contribution is 5.93. The van der Waals surface area contributed by atoms with Gasteiger partial charge in [0.25, 0.3) is 0 Å². The SMILES string of the molecule is CCOCC(=O)CCCNC(=O)COCCOCCNC(=O)CC[C@H](NC(=O)\C=C/C=C/C=C/C=C/C=C/C=C/C=C/C=C\C(=O)OC(C)(C)C)C(=O)OC(C)(C)C.NOCC(=O)CCCNC(=O)COCCOCCNC(=O)CC[C@H](NC(=O)\C=C/C=C/C=C/C=C/C=C/C=C/C=C/C=C\C(=O)O)C(=O)O. The number of nitrogens with one attached hydrogen (secondary N) is 6. The summed E-state index contributed by atoms with van der Waals surface area (Å²) in [7, 11) is 0. The number of rotatable bonds is 57. The van der Waals surface area contributed by atoms with Crippen molar-refractivity contribution in [2.24, 2.45) is 5.90 Å². The average Bonchev–Trinajstić information content (AvgIpc) is 0.891. The molecule has 0 aliphatic heterocycles. The summed E-state index contributed by atoms with van der Waals surface area (Å²) >= 11 is 0. The van der Waals surface area contributed by atoms with Gasteiger partial charge in [0.2, 0.25) is 35.4 Å². The van der Waals surface area contributed by atoms with Crippen molar-refractivity contribution in [2.75, 3.05) is 98.9 Å². The number of hydrogen-bond acceptors (Lipinski definition) is 21. The minimum Gasteiger partial charge on any atom is -0.480 e. The summed E-state index contributed by atoms with van der Waals surface area (Å²) in [5.41, 5.74) is -1.31. The van der Waals surface area contributed by atoms with Crippen molar-refractivity contribution in [1.82, 2.24) is 31.9 Å². The number of carboxylic acid groups (broad SMARTS) is 2. The molecule has 0 aromatic heterocycles. The lowest BCUT2D eigenvalue weighted by Gasteiger charge is -2.24. The number of esters is 2. The van der Waals surface area contributed by atoms with Crippen LogP contribution < -0.4 is 37.8 Å². The fourth-order valence-corrected chi connectivity index (χ4v) is 7.36. The number of carboxylic acids is 2. The number of Topliss-reactive ketones (excluding diaryl/α,β-unsaturated/α-hetero) is 2. The fraction of sp³-hybridized carbons (Fsp3) is 0.436. The molecule has 590 valence electrons. The maximum Gasteiger partial charge on any atom is 0.331 e. The molecule has 0 rings (SSSR count). The molecule has 0 unspecified atom stereocenters. The van der Waals surface area contributed by atoms with Crippen molar-refractivity contribution >= 4 is 70.9 Å². The second-order valence-corrected chi connectivity index (χ2v) is 24.0. The predicted molar refractivity (Wildman–Crippen MR) is 406 cm³/mol. The first-order valence-electron chi connectivity index (χ1n) is 34.7. The number of carbonyl (C=O) groups is 12. The third-order valence-electron chi connectivity index (χ3n) is 12.2. The van der Waals surface area contributed by atoms with Gasteiger partial charge in [-0.15, -0.1) is 0 Å². The maximum absolute atomic E-state index is 12.8. The lowest BCUT2D eigenvalue weighted by molar-refractivity contribution is -0.158. The van der Waals surface area contributed by atoms with Crippen molar-refractivity contribution in [1.29, 1.82) is 0 Å². The Hall–Kier alpha value is -10.4. The molecule has 0 fully saturated rings. The molecule has 0 saturated heterocycles. The number of amides is 6. The van der Waals surface area contributed by atoms with Crippen molar-refractivity contribution in [3.05, 3.63) is 194 Å². The van der Waals surface area contributed by atoms with Gasteiger partial charge < -0.3 is 75.3 Å². The van der Waals surface area contributed by atoms with Crippen LogP contribution >= 0.6 is 0 Å². The van der Waals surface area contributed by atoms with Gasteiger partial charge in [-0.25, -0.2) is 25.1 Å². The van der Waals surface area contributed by atoms with Crippen LogP contribution in [-0.4, -0.2) is 203 Å². The molecule has 107 heavy (non-hydrogen) atoms. The van der Waals surface area contributed by atoms with E-state index in [1.807, 2.05) is 70.2 Å². The van der Waals surface area contributed by atoms with Crippen LogP contribution in [0.15, 0.2) is 194 Å². The second-order valence-electron chi connectivity index (χ2n) is 24.0. The first-order valence-corrected chi connectivity index (χ1v) is 34.7. The number of carbonyl (C=O) groups excluding carboxylic acids is 10. The molecular formula is C78H111N7O22. The second kappa shape index (κ2) is 67.5. The van der Waals surface area contributed by atoms with Gasteiger partial charge in [0, 0.05) is 82.8 Å². The zero-order valence-electron chi connectivity index (χ0n) is 62.5. The van der Waals surface area contributed by atoms with E-state index in [0.29, 0.717) is 39.0 Å². The van der Waals surface area contributed by atoms with Gasteiger partial charge in [0.05, 0.1) is 39.6 Å². The number of allylic oxidation sites excluding steroid dienone is 28. The summed E-state index contributed by atoms with van der Waals surface area (Å²) in [4.78, 5) is 146. The monoisotopic (exact) mass is 1500 g/mol. The summed E-state index contributed by atoms with van der Waals surface area (Å²) in [6.45, 7) is 14.7. The van der Waals surface area contributed by atoms with Crippen LogP contribution in [0.2, 0.25) is 0 Å².